The Kier molecular flexibility index (Phi) is 10.8. The van der Waals surface area contributed by atoms with Crippen LogP contribution in [0.4, 0.5) is 4.79 Å². The molecule has 2 rings (SSSR count). The fourth-order valence-electron chi connectivity index (χ4n) is 4.45. The van der Waals surface area contributed by atoms with E-state index in [0.29, 0.717) is 11.1 Å². The largest absolute Gasteiger partial charge is 0.444 e. The van der Waals surface area contributed by atoms with Crippen molar-refractivity contribution in [1.82, 2.24) is 15.5 Å². The molecule has 198 valence electrons. The summed E-state index contributed by atoms with van der Waals surface area (Å²) in [6, 6.07) is 4.94. The van der Waals surface area contributed by atoms with E-state index in [1.165, 1.54) is 4.90 Å². The van der Waals surface area contributed by atoms with Gasteiger partial charge in [-0.2, -0.15) is 0 Å². The molecule has 1 aliphatic rings. The van der Waals surface area contributed by atoms with Crippen molar-refractivity contribution < 1.29 is 24.2 Å². The zero-order valence-corrected chi connectivity index (χ0v) is 22.2. The van der Waals surface area contributed by atoms with E-state index in [9.17, 15) is 19.5 Å². The lowest BCUT2D eigenvalue weighted by Crippen LogP contribution is -2.56. The standard InChI is InChI=1S/C28H41N3O5/c1-7-20-13-11-12-16-22(20)24(25(33)29-21-14-9-8-10-15-21)31(17-18-32)26(34)23(19(2)3)30-27(35)36-28(4,5)6/h1,11-13,16,19,21,23-24,32H,8-10,14-15,17-18H2,2-6H3,(H,29,33)(H,30,35). The molecule has 0 spiro atoms. The molecule has 8 heteroatoms. The fraction of sp³-hybridized carbons (Fsp3) is 0.607. The van der Waals surface area contributed by atoms with Crippen molar-refractivity contribution >= 4 is 17.9 Å². The fourth-order valence-corrected chi connectivity index (χ4v) is 4.45. The van der Waals surface area contributed by atoms with Crippen LogP contribution in [0.25, 0.3) is 0 Å². The van der Waals surface area contributed by atoms with Crippen LogP contribution in [-0.4, -0.2) is 58.8 Å². The molecular weight excluding hydrogens is 458 g/mol. The highest BCUT2D eigenvalue weighted by Crippen LogP contribution is 2.27. The number of aliphatic hydroxyl groups excluding tert-OH is 1. The molecule has 1 fully saturated rings. The molecule has 0 saturated heterocycles. The number of hydrogen-bond acceptors (Lipinski definition) is 5. The molecule has 0 aromatic heterocycles. The topological polar surface area (TPSA) is 108 Å². The average Bonchev–Trinajstić information content (AvgIpc) is 2.81. The van der Waals surface area contributed by atoms with Gasteiger partial charge in [0.15, 0.2) is 0 Å². The van der Waals surface area contributed by atoms with Gasteiger partial charge in [-0.3, -0.25) is 9.59 Å². The summed E-state index contributed by atoms with van der Waals surface area (Å²) in [5.74, 6) is 1.45. The molecule has 8 nitrogen and oxygen atoms in total. The predicted molar refractivity (Wildman–Crippen MR) is 139 cm³/mol. The van der Waals surface area contributed by atoms with Gasteiger partial charge in [0.1, 0.15) is 17.7 Å². The van der Waals surface area contributed by atoms with Crippen LogP contribution in [0.2, 0.25) is 0 Å². The summed E-state index contributed by atoms with van der Waals surface area (Å²) >= 11 is 0. The first-order valence-electron chi connectivity index (χ1n) is 12.7. The lowest BCUT2D eigenvalue weighted by atomic mass is 9.93. The summed E-state index contributed by atoms with van der Waals surface area (Å²) in [4.78, 5) is 41.5. The van der Waals surface area contributed by atoms with Gasteiger partial charge in [-0.15, -0.1) is 6.42 Å². The molecule has 1 aliphatic carbocycles. The summed E-state index contributed by atoms with van der Waals surface area (Å²) < 4.78 is 5.36. The number of nitrogens with one attached hydrogen (secondary N) is 2. The number of benzene rings is 1. The van der Waals surface area contributed by atoms with Crippen LogP contribution in [0.15, 0.2) is 24.3 Å². The van der Waals surface area contributed by atoms with Gasteiger partial charge in [0.25, 0.3) is 0 Å². The van der Waals surface area contributed by atoms with E-state index < -0.39 is 29.7 Å². The molecular formula is C28H41N3O5. The number of carbonyl (C=O) groups excluding carboxylic acids is 3. The monoisotopic (exact) mass is 499 g/mol. The van der Waals surface area contributed by atoms with Crippen LogP contribution in [0.5, 0.6) is 0 Å². The number of rotatable bonds is 9. The van der Waals surface area contributed by atoms with Crippen molar-refractivity contribution in [1.29, 1.82) is 0 Å². The quantitative estimate of drug-likeness (QED) is 0.451. The lowest BCUT2D eigenvalue weighted by molar-refractivity contribution is -0.144. The normalized spacial score (nSPS) is 15.9. The number of nitrogens with zero attached hydrogens (tertiary/aromatic N) is 1. The molecule has 36 heavy (non-hydrogen) atoms. The molecule has 1 saturated carbocycles. The van der Waals surface area contributed by atoms with Gasteiger partial charge in [0, 0.05) is 18.2 Å². The Balaban J connectivity index is 2.47. The molecule has 1 aromatic carbocycles. The van der Waals surface area contributed by atoms with Crippen molar-refractivity contribution in [2.24, 2.45) is 5.92 Å². The van der Waals surface area contributed by atoms with E-state index in [2.05, 4.69) is 16.6 Å². The van der Waals surface area contributed by atoms with Crippen LogP contribution in [0, 0.1) is 18.3 Å². The third kappa shape index (κ3) is 8.27. The van der Waals surface area contributed by atoms with E-state index in [0.717, 1.165) is 32.1 Å². The van der Waals surface area contributed by atoms with E-state index in [1.54, 1.807) is 58.9 Å². The maximum atomic E-state index is 13.9. The molecule has 0 radical (unpaired) electrons. The first-order valence-corrected chi connectivity index (χ1v) is 12.7. The molecule has 0 bridgehead atoms. The van der Waals surface area contributed by atoms with Crippen LogP contribution < -0.4 is 10.6 Å². The Labute approximate surface area is 215 Å². The summed E-state index contributed by atoms with van der Waals surface area (Å²) in [7, 11) is 0. The van der Waals surface area contributed by atoms with E-state index in [1.807, 2.05) is 0 Å². The highest BCUT2D eigenvalue weighted by Gasteiger charge is 2.38. The highest BCUT2D eigenvalue weighted by atomic mass is 16.6. The van der Waals surface area contributed by atoms with E-state index in [-0.39, 0.29) is 31.0 Å². The third-order valence-electron chi connectivity index (χ3n) is 6.15. The molecule has 1 aromatic rings. The zero-order valence-electron chi connectivity index (χ0n) is 22.2. The van der Waals surface area contributed by atoms with Gasteiger partial charge in [-0.05, 0) is 51.2 Å². The third-order valence-corrected chi connectivity index (χ3v) is 6.15. The van der Waals surface area contributed by atoms with Crippen LogP contribution in [-0.2, 0) is 14.3 Å². The molecule has 3 amide bonds. The van der Waals surface area contributed by atoms with Gasteiger partial charge >= 0.3 is 6.09 Å². The van der Waals surface area contributed by atoms with Crippen molar-refractivity contribution in [2.45, 2.75) is 90.4 Å². The summed E-state index contributed by atoms with van der Waals surface area (Å²) in [6.45, 7) is 8.32. The second-order valence-electron chi connectivity index (χ2n) is 10.6. The molecule has 2 unspecified atom stereocenters. The molecule has 3 N–H and O–H groups in total. The number of amides is 3. The molecule has 0 heterocycles. The summed E-state index contributed by atoms with van der Waals surface area (Å²) in [5, 5.41) is 15.7. The van der Waals surface area contributed by atoms with Crippen LogP contribution in [0.1, 0.15) is 83.9 Å². The van der Waals surface area contributed by atoms with Crippen LogP contribution >= 0.6 is 0 Å². The number of alkyl carbamates (subject to hydrolysis) is 1. The maximum Gasteiger partial charge on any atom is 0.408 e. The predicted octanol–water partition coefficient (Wildman–Crippen LogP) is 3.53. The number of hydrogen-bond donors (Lipinski definition) is 3. The van der Waals surface area contributed by atoms with Crippen molar-refractivity contribution in [3.63, 3.8) is 0 Å². The van der Waals surface area contributed by atoms with Gasteiger partial charge in [-0.1, -0.05) is 57.2 Å². The van der Waals surface area contributed by atoms with E-state index >= 15 is 0 Å². The van der Waals surface area contributed by atoms with E-state index in [4.69, 9.17) is 11.2 Å². The Morgan fingerprint density at radius 3 is 2.36 bits per heavy atom. The second kappa shape index (κ2) is 13.3. The Morgan fingerprint density at radius 1 is 1.17 bits per heavy atom. The minimum atomic E-state index is -1.07. The SMILES string of the molecule is C#Cc1ccccc1C(C(=O)NC1CCCCC1)N(CCO)C(=O)C(NC(=O)OC(C)(C)C)C(C)C. The average molecular weight is 500 g/mol. The number of carbonyl (C=O) groups is 3. The lowest BCUT2D eigenvalue weighted by Gasteiger charge is -2.36. The number of terminal acetylenes is 1. The summed E-state index contributed by atoms with van der Waals surface area (Å²) in [5.41, 5.74) is 0.237. The maximum absolute atomic E-state index is 13.9. The highest BCUT2D eigenvalue weighted by molar-refractivity contribution is 5.92. The van der Waals surface area contributed by atoms with Gasteiger partial charge in [0.05, 0.1) is 6.61 Å². The van der Waals surface area contributed by atoms with Gasteiger partial charge < -0.3 is 25.4 Å². The first kappa shape index (κ1) is 29.2. The molecule has 2 atom stereocenters. The first-order chi connectivity index (χ1) is 17.0. The number of ether oxygens (including phenoxy) is 1. The molecule has 0 aliphatic heterocycles. The Bertz CT molecular complexity index is 941. The smallest absolute Gasteiger partial charge is 0.408 e. The minimum Gasteiger partial charge on any atom is -0.444 e. The second-order valence-corrected chi connectivity index (χ2v) is 10.6. The summed E-state index contributed by atoms with van der Waals surface area (Å²) in [6.07, 6.45) is 9.96. The Morgan fingerprint density at radius 2 is 1.81 bits per heavy atom. The van der Waals surface area contributed by atoms with Crippen molar-refractivity contribution in [2.75, 3.05) is 13.2 Å². The van der Waals surface area contributed by atoms with Crippen molar-refractivity contribution in [3.05, 3.63) is 35.4 Å². The minimum absolute atomic E-state index is 0.0126. The van der Waals surface area contributed by atoms with Crippen LogP contribution in [0.3, 0.4) is 0 Å². The van der Waals surface area contributed by atoms with Gasteiger partial charge in [0.2, 0.25) is 11.8 Å². The van der Waals surface area contributed by atoms with Crippen molar-refractivity contribution in [3.8, 4) is 12.3 Å². The zero-order chi connectivity index (χ0) is 26.9. The van der Waals surface area contributed by atoms with Gasteiger partial charge in [-0.25, -0.2) is 4.79 Å². The number of aliphatic hydroxyl groups is 1. The Hall–Kier alpha value is -3.05.